The average Bonchev–Trinajstić information content (AvgIpc) is 2.49. The minimum absolute atomic E-state index is 0.0813. The molecule has 0 aliphatic carbocycles. The molecule has 6 heteroatoms. The molecule has 0 aromatic heterocycles. The van der Waals surface area contributed by atoms with E-state index in [0.29, 0.717) is 12.3 Å². The van der Waals surface area contributed by atoms with E-state index in [1.165, 1.54) is 23.3 Å². The van der Waals surface area contributed by atoms with E-state index >= 15 is 0 Å². The Hall–Kier alpha value is -1.37. The van der Waals surface area contributed by atoms with E-state index in [1.807, 2.05) is 12.1 Å². The lowest BCUT2D eigenvalue weighted by atomic mass is 10.1. The largest absolute Gasteiger partial charge is 0.240 e. The Morgan fingerprint density at radius 3 is 2.45 bits per heavy atom. The van der Waals surface area contributed by atoms with Gasteiger partial charge in [-0.25, -0.2) is 17.5 Å². The maximum Gasteiger partial charge on any atom is 0.240 e. The van der Waals surface area contributed by atoms with E-state index < -0.39 is 15.8 Å². The Labute approximate surface area is 135 Å². The van der Waals surface area contributed by atoms with E-state index in [1.54, 1.807) is 11.8 Å². The fourth-order valence-corrected chi connectivity index (χ4v) is 4.00. The molecule has 0 saturated heterocycles. The van der Waals surface area contributed by atoms with Crippen molar-refractivity contribution in [2.75, 3.05) is 12.3 Å². The van der Waals surface area contributed by atoms with Gasteiger partial charge in [0.15, 0.2) is 0 Å². The van der Waals surface area contributed by atoms with E-state index in [2.05, 4.69) is 23.8 Å². The predicted molar refractivity (Wildman–Crippen MR) is 88.9 cm³/mol. The van der Waals surface area contributed by atoms with E-state index in [4.69, 9.17) is 0 Å². The Morgan fingerprint density at radius 1 is 1.09 bits per heavy atom. The van der Waals surface area contributed by atoms with Crippen LogP contribution in [0.25, 0.3) is 0 Å². The number of hydrogen-bond donors (Lipinski definition) is 1. The second kappa shape index (κ2) is 7.76. The summed E-state index contributed by atoms with van der Waals surface area (Å²) < 4.78 is 39.3. The van der Waals surface area contributed by atoms with Crippen LogP contribution in [-0.2, 0) is 15.8 Å². The average molecular weight is 339 g/mol. The molecule has 0 bridgehead atoms. The monoisotopic (exact) mass is 339 g/mol. The van der Waals surface area contributed by atoms with Crippen molar-refractivity contribution in [2.45, 2.75) is 17.6 Å². The summed E-state index contributed by atoms with van der Waals surface area (Å²) in [5, 5.41) is 0. The third kappa shape index (κ3) is 4.83. The lowest BCUT2D eigenvalue weighted by Crippen LogP contribution is -2.26. The number of hydrogen-bond acceptors (Lipinski definition) is 3. The molecule has 2 aromatic rings. The Kier molecular flexibility index (Phi) is 5.99. The lowest BCUT2D eigenvalue weighted by Gasteiger charge is -2.08. The Balaban J connectivity index is 1.79. The molecular weight excluding hydrogens is 321 g/mol. The summed E-state index contributed by atoms with van der Waals surface area (Å²) in [6, 6.07) is 12.9. The van der Waals surface area contributed by atoms with Gasteiger partial charge in [0.25, 0.3) is 0 Å². The van der Waals surface area contributed by atoms with Crippen LogP contribution in [0.1, 0.15) is 11.1 Å². The highest BCUT2D eigenvalue weighted by molar-refractivity contribution is 7.98. The number of thioether (sulfide) groups is 1. The van der Waals surface area contributed by atoms with Crippen LogP contribution in [0, 0.1) is 12.7 Å². The molecule has 118 valence electrons. The van der Waals surface area contributed by atoms with E-state index in [0.717, 1.165) is 17.9 Å². The van der Waals surface area contributed by atoms with Crippen molar-refractivity contribution in [3.8, 4) is 0 Å². The number of nitrogens with one attached hydrogen (secondary N) is 1. The summed E-state index contributed by atoms with van der Waals surface area (Å²) in [5.74, 6) is 1.08. The molecule has 2 aromatic carbocycles. The fraction of sp³-hybridized carbons (Fsp3) is 0.250. The van der Waals surface area contributed by atoms with Gasteiger partial charge < -0.3 is 0 Å². The number of rotatable bonds is 7. The minimum atomic E-state index is -3.56. The van der Waals surface area contributed by atoms with Crippen LogP contribution < -0.4 is 4.72 Å². The molecule has 2 rings (SSSR count). The number of sulfonamides is 1. The van der Waals surface area contributed by atoms with Crippen molar-refractivity contribution in [1.29, 1.82) is 0 Å². The van der Waals surface area contributed by atoms with Gasteiger partial charge in [0, 0.05) is 18.1 Å². The van der Waals surface area contributed by atoms with Crippen molar-refractivity contribution in [3.63, 3.8) is 0 Å². The molecule has 3 nitrogen and oxygen atoms in total. The predicted octanol–water partition coefficient (Wildman–Crippen LogP) is 3.35. The zero-order valence-corrected chi connectivity index (χ0v) is 13.9. The molecule has 0 fully saturated rings. The molecular formula is C16H18FNO2S2. The van der Waals surface area contributed by atoms with Gasteiger partial charge >= 0.3 is 0 Å². The molecule has 0 saturated carbocycles. The first-order valence-electron chi connectivity index (χ1n) is 6.86. The Morgan fingerprint density at radius 2 is 1.77 bits per heavy atom. The van der Waals surface area contributed by atoms with Crippen LogP contribution >= 0.6 is 11.8 Å². The molecule has 0 heterocycles. The fourth-order valence-electron chi connectivity index (χ4n) is 1.90. The summed E-state index contributed by atoms with van der Waals surface area (Å²) in [5.41, 5.74) is 2.50. The first-order valence-corrected chi connectivity index (χ1v) is 9.50. The van der Waals surface area contributed by atoms with Gasteiger partial charge in [0.1, 0.15) is 5.82 Å². The molecule has 0 spiro atoms. The topological polar surface area (TPSA) is 46.2 Å². The van der Waals surface area contributed by atoms with Crippen LogP contribution in [0.3, 0.4) is 0 Å². The number of aryl methyl sites for hydroxylation is 1. The first kappa shape index (κ1) is 17.0. The zero-order chi connectivity index (χ0) is 16.0. The highest BCUT2D eigenvalue weighted by atomic mass is 32.2. The third-order valence-corrected chi connectivity index (χ3v) is 5.67. The highest BCUT2D eigenvalue weighted by Gasteiger charge is 2.12. The summed E-state index contributed by atoms with van der Waals surface area (Å²) in [7, 11) is -3.56. The summed E-state index contributed by atoms with van der Waals surface area (Å²) in [4.78, 5) is 0.0813. The van der Waals surface area contributed by atoms with Crippen molar-refractivity contribution in [1.82, 2.24) is 4.72 Å². The third-order valence-electron chi connectivity index (χ3n) is 3.18. The maximum atomic E-state index is 12.8. The van der Waals surface area contributed by atoms with Gasteiger partial charge in [-0.15, -0.1) is 0 Å². The maximum absolute atomic E-state index is 12.8. The van der Waals surface area contributed by atoms with Crippen LogP contribution in [0.4, 0.5) is 4.39 Å². The van der Waals surface area contributed by atoms with Crippen LogP contribution in [0.15, 0.2) is 53.4 Å². The summed E-state index contributed by atoms with van der Waals surface area (Å²) >= 11 is 1.67. The van der Waals surface area contributed by atoms with Crippen LogP contribution in [-0.4, -0.2) is 20.7 Å². The summed E-state index contributed by atoms with van der Waals surface area (Å²) in [6.45, 7) is 2.41. The standard InChI is InChI=1S/C16H18FNO2S2/c1-13-4-2-3-5-14(13)12-21-11-10-18-22(19,20)16-8-6-15(17)7-9-16/h2-9,18H,10-12H2,1H3. The van der Waals surface area contributed by atoms with Crippen molar-refractivity contribution >= 4 is 21.8 Å². The lowest BCUT2D eigenvalue weighted by molar-refractivity contribution is 0.583. The Bertz CT molecular complexity index is 715. The van der Waals surface area contributed by atoms with Crippen molar-refractivity contribution < 1.29 is 12.8 Å². The van der Waals surface area contributed by atoms with E-state index in [-0.39, 0.29) is 4.90 Å². The first-order chi connectivity index (χ1) is 10.5. The second-order valence-electron chi connectivity index (χ2n) is 4.83. The number of benzene rings is 2. The SMILES string of the molecule is Cc1ccccc1CSCCNS(=O)(=O)c1ccc(F)cc1. The van der Waals surface area contributed by atoms with Gasteiger partial charge in [-0.1, -0.05) is 24.3 Å². The van der Waals surface area contributed by atoms with Gasteiger partial charge in [-0.2, -0.15) is 11.8 Å². The molecule has 0 atom stereocenters. The van der Waals surface area contributed by atoms with Gasteiger partial charge in [-0.3, -0.25) is 0 Å². The smallest absolute Gasteiger partial charge is 0.210 e. The van der Waals surface area contributed by atoms with Crippen LogP contribution in [0.5, 0.6) is 0 Å². The molecule has 1 N–H and O–H groups in total. The second-order valence-corrected chi connectivity index (χ2v) is 7.70. The summed E-state index contributed by atoms with van der Waals surface area (Å²) in [6.07, 6.45) is 0. The minimum Gasteiger partial charge on any atom is -0.210 e. The van der Waals surface area contributed by atoms with E-state index in [9.17, 15) is 12.8 Å². The quantitative estimate of drug-likeness (QED) is 0.787. The van der Waals surface area contributed by atoms with Crippen LogP contribution in [0.2, 0.25) is 0 Å². The molecule has 22 heavy (non-hydrogen) atoms. The zero-order valence-electron chi connectivity index (χ0n) is 12.3. The van der Waals surface area contributed by atoms with Gasteiger partial charge in [-0.05, 0) is 42.3 Å². The van der Waals surface area contributed by atoms with Crippen molar-refractivity contribution in [2.24, 2.45) is 0 Å². The highest BCUT2D eigenvalue weighted by Crippen LogP contribution is 2.15. The number of halogens is 1. The molecule has 0 amide bonds. The van der Waals surface area contributed by atoms with Crippen molar-refractivity contribution in [3.05, 3.63) is 65.5 Å². The molecule has 0 radical (unpaired) electrons. The van der Waals surface area contributed by atoms with Gasteiger partial charge in [0.05, 0.1) is 4.90 Å². The molecule has 0 aliphatic heterocycles. The van der Waals surface area contributed by atoms with Gasteiger partial charge in [0.2, 0.25) is 10.0 Å². The normalized spacial score (nSPS) is 11.5. The molecule has 0 unspecified atom stereocenters. The molecule has 0 aliphatic rings.